The summed E-state index contributed by atoms with van der Waals surface area (Å²) >= 11 is 0. The van der Waals surface area contributed by atoms with Gasteiger partial charge in [0.05, 0.1) is 18.8 Å². The summed E-state index contributed by atoms with van der Waals surface area (Å²) in [5.41, 5.74) is 15.1. The molecular weight excluding hydrogens is 600 g/mol. The zero-order chi connectivity index (χ0) is 33.4. The molecule has 7 N–H and O–H groups in total. The maximum absolute atomic E-state index is 12.7. The van der Waals surface area contributed by atoms with Crippen LogP contribution in [0.25, 0.3) is 0 Å². The first kappa shape index (κ1) is 35.1. The minimum absolute atomic E-state index is 0.158. The molecule has 0 spiro atoms. The maximum atomic E-state index is 12.7. The van der Waals surface area contributed by atoms with E-state index in [9.17, 15) is 9.59 Å². The zero-order valence-electron chi connectivity index (χ0n) is 26.9. The van der Waals surface area contributed by atoms with Gasteiger partial charge in [-0.3, -0.25) is 5.41 Å². The van der Waals surface area contributed by atoms with Crippen molar-refractivity contribution < 1.29 is 28.5 Å². The molecule has 1 aliphatic heterocycles. The van der Waals surface area contributed by atoms with Crippen molar-refractivity contribution in [3.63, 3.8) is 0 Å². The number of fused-ring (bicyclic) bond motifs is 1. The first-order valence-corrected chi connectivity index (χ1v) is 16.0. The van der Waals surface area contributed by atoms with E-state index < -0.39 is 24.1 Å². The number of benzene rings is 3. The third-order valence-corrected chi connectivity index (χ3v) is 7.60. The van der Waals surface area contributed by atoms with E-state index >= 15 is 0 Å². The highest BCUT2D eigenvalue weighted by molar-refractivity contribution is 5.90. The van der Waals surface area contributed by atoms with Crippen LogP contribution < -0.4 is 36.5 Å². The lowest BCUT2D eigenvalue weighted by Crippen LogP contribution is -2.39. The highest BCUT2D eigenvalue weighted by Crippen LogP contribution is 2.30. The summed E-state index contributed by atoms with van der Waals surface area (Å²) < 4.78 is 22.3. The number of carbonyl (C=O) groups is 2. The summed E-state index contributed by atoms with van der Waals surface area (Å²) in [6.45, 7) is 6.21. The molecule has 1 heterocycles. The molecule has 252 valence electrons. The van der Waals surface area contributed by atoms with Crippen LogP contribution in [-0.4, -0.2) is 69.5 Å². The van der Waals surface area contributed by atoms with E-state index in [1.54, 1.807) is 6.92 Å². The number of hydrogen-bond donors (Lipinski definition) is 5. The minimum atomic E-state index is -0.964. The molecule has 0 fully saturated rings. The largest absolute Gasteiger partial charge is 0.494 e. The molecule has 0 saturated heterocycles. The quantitative estimate of drug-likeness (QED) is 0.0449. The number of guanidine groups is 1. The van der Waals surface area contributed by atoms with Gasteiger partial charge in [0.25, 0.3) is 0 Å². The van der Waals surface area contributed by atoms with Crippen molar-refractivity contribution in [2.45, 2.75) is 51.3 Å². The molecule has 0 aliphatic carbocycles. The number of hydrogen-bond acceptors (Lipinski definition) is 10. The fraction of sp³-hybridized carbons (Fsp3) is 0.400. The van der Waals surface area contributed by atoms with Crippen LogP contribution in [0.5, 0.6) is 11.5 Å². The van der Waals surface area contributed by atoms with Gasteiger partial charge in [0.15, 0.2) is 12.1 Å². The van der Waals surface area contributed by atoms with Gasteiger partial charge in [0.2, 0.25) is 0 Å². The highest BCUT2D eigenvalue weighted by Gasteiger charge is 2.26. The van der Waals surface area contributed by atoms with E-state index in [1.165, 1.54) is 0 Å². The summed E-state index contributed by atoms with van der Waals surface area (Å²) in [4.78, 5) is 27.3. The number of para-hydroxylation sites is 2. The van der Waals surface area contributed by atoms with Gasteiger partial charge in [-0.15, -0.1) is 0 Å². The van der Waals surface area contributed by atoms with Gasteiger partial charge >= 0.3 is 11.9 Å². The average Bonchev–Trinajstić information content (AvgIpc) is 3.08. The van der Waals surface area contributed by atoms with Crippen LogP contribution in [0.15, 0.2) is 72.8 Å². The Kier molecular flexibility index (Phi) is 13.7. The summed E-state index contributed by atoms with van der Waals surface area (Å²) in [7, 11) is 0. The van der Waals surface area contributed by atoms with E-state index in [4.69, 9.17) is 35.8 Å². The predicted molar refractivity (Wildman–Crippen MR) is 182 cm³/mol. The summed E-state index contributed by atoms with van der Waals surface area (Å²) in [5.74, 6) is 0.0450. The number of rotatable bonds is 18. The Hall–Kier alpha value is -4.81. The predicted octanol–water partition coefficient (Wildman–Crippen LogP) is 3.57. The Labute approximate surface area is 276 Å². The van der Waals surface area contributed by atoms with Crippen molar-refractivity contribution >= 4 is 29.3 Å². The SMILES string of the molecule is CCOC(Cc1ccc(NCc2ccc(OCCCN3CCOc4ccccc43)cc2)cc1)C(=O)OC(=O)[C@@H](N)CCCNC(=N)N. The van der Waals surface area contributed by atoms with E-state index in [0.717, 1.165) is 53.5 Å². The molecule has 0 bridgehead atoms. The summed E-state index contributed by atoms with van der Waals surface area (Å²) in [6.07, 6.45) is 0.995. The van der Waals surface area contributed by atoms with Crippen LogP contribution in [0.1, 0.15) is 37.3 Å². The number of nitrogens with one attached hydrogen (secondary N) is 3. The van der Waals surface area contributed by atoms with Crippen LogP contribution in [0.3, 0.4) is 0 Å². The molecule has 0 amide bonds. The topological polar surface area (TPSA) is 174 Å². The Balaban J connectivity index is 1.16. The van der Waals surface area contributed by atoms with Gasteiger partial charge in [-0.1, -0.05) is 36.4 Å². The lowest BCUT2D eigenvalue weighted by molar-refractivity contribution is -0.169. The molecule has 0 saturated carbocycles. The molecule has 0 radical (unpaired) electrons. The van der Waals surface area contributed by atoms with Crippen LogP contribution in [-0.2, 0) is 32.0 Å². The molecule has 12 nitrogen and oxygen atoms in total. The van der Waals surface area contributed by atoms with Crippen molar-refractivity contribution in [1.82, 2.24) is 5.32 Å². The van der Waals surface area contributed by atoms with Gasteiger partial charge in [-0.25, -0.2) is 9.59 Å². The Bertz CT molecular complexity index is 1440. The van der Waals surface area contributed by atoms with E-state index in [-0.39, 0.29) is 25.4 Å². The van der Waals surface area contributed by atoms with Crippen molar-refractivity contribution in [2.75, 3.05) is 49.7 Å². The van der Waals surface area contributed by atoms with E-state index in [2.05, 4.69) is 21.6 Å². The van der Waals surface area contributed by atoms with Crippen molar-refractivity contribution in [1.29, 1.82) is 5.41 Å². The van der Waals surface area contributed by atoms with Gasteiger partial charge in [-0.2, -0.15) is 0 Å². The molecule has 2 atom stereocenters. The third kappa shape index (κ3) is 11.5. The second kappa shape index (κ2) is 18.4. The van der Waals surface area contributed by atoms with E-state index in [1.807, 2.05) is 66.7 Å². The first-order chi connectivity index (χ1) is 22.8. The lowest BCUT2D eigenvalue weighted by Gasteiger charge is -2.31. The van der Waals surface area contributed by atoms with Crippen LogP contribution in [0, 0.1) is 5.41 Å². The Morgan fingerprint density at radius 1 is 1.00 bits per heavy atom. The van der Waals surface area contributed by atoms with E-state index in [0.29, 0.717) is 32.7 Å². The minimum Gasteiger partial charge on any atom is -0.494 e. The molecule has 12 heteroatoms. The van der Waals surface area contributed by atoms with Gasteiger partial charge < -0.3 is 45.9 Å². The summed E-state index contributed by atoms with van der Waals surface area (Å²) in [6, 6.07) is 22.9. The summed E-state index contributed by atoms with van der Waals surface area (Å²) in [5, 5.41) is 13.2. The maximum Gasteiger partial charge on any atom is 0.343 e. The lowest BCUT2D eigenvalue weighted by atomic mass is 10.1. The van der Waals surface area contributed by atoms with Crippen LogP contribution >= 0.6 is 0 Å². The average molecular weight is 647 g/mol. The number of carbonyl (C=O) groups excluding carboxylic acids is 2. The van der Waals surface area contributed by atoms with Gasteiger partial charge in [0, 0.05) is 38.3 Å². The van der Waals surface area contributed by atoms with Crippen molar-refractivity contribution in [3.8, 4) is 11.5 Å². The van der Waals surface area contributed by atoms with Gasteiger partial charge in [-0.05, 0) is 73.7 Å². The van der Waals surface area contributed by atoms with Crippen molar-refractivity contribution in [3.05, 3.63) is 83.9 Å². The Morgan fingerprint density at radius 2 is 1.74 bits per heavy atom. The fourth-order valence-electron chi connectivity index (χ4n) is 5.10. The number of esters is 2. The zero-order valence-corrected chi connectivity index (χ0v) is 26.9. The highest BCUT2D eigenvalue weighted by atomic mass is 16.6. The number of anilines is 2. The normalized spacial score (nSPS) is 13.4. The smallest absolute Gasteiger partial charge is 0.343 e. The molecule has 0 aromatic heterocycles. The molecule has 4 rings (SSSR count). The number of ether oxygens (including phenoxy) is 4. The van der Waals surface area contributed by atoms with Crippen molar-refractivity contribution in [2.24, 2.45) is 11.5 Å². The monoisotopic (exact) mass is 646 g/mol. The molecule has 1 aliphatic rings. The molecule has 47 heavy (non-hydrogen) atoms. The second-order valence-electron chi connectivity index (χ2n) is 11.2. The third-order valence-electron chi connectivity index (χ3n) is 7.60. The molecule has 1 unspecified atom stereocenters. The first-order valence-electron chi connectivity index (χ1n) is 16.0. The number of nitrogens with two attached hydrogens (primary N) is 2. The fourth-order valence-corrected chi connectivity index (χ4v) is 5.10. The van der Waals surface area contributed by atoms with Crippen LogP contribution in [0.4, 0.5) is 11.4 Å². The van der Waals surface area contributed by atoms with Gasteiger partial charge in [0.1, 0.15) is 24.1 Å². The molecule has 3 aromatic rings. The molecule has 3 aromatic carbocycles. The van der Waals surface area contributed by atoms with Crippen LogP contribution in [0.2, 0.25) is 0 Å². The Morgan fingerprint density at radius 3 is 2.49 bits per heavy atom. The second-order valence-corrected chi connectivity index (χ2v) is 11.2. The standard InChI is InChI=1S/C35H46N6O6/c1-2-44-32(34(43)47-33(42)29(36)7-5-18-39-35(37)38)23-25-10-14-27(15-11-25)40-24-26-12-16-28(17-13-26)45-21-6-19-41-20-22-46-31-9-4-3-8-30(31)41/h3-4,8-17,29,32,40H,2,5-7,18-24,36H2,1H3,(H4,37,38,39)/t29-,32?/m0/s1. The molecular formula is C35H46N6O6. The number of nitrogens with zero attached hydrogens (tertiary/aromatic N) is 1.